The minimum Gasteiger partial charge on any atom is -0.338 e. The van der Waals surface area contributed by atoms with Crippen LogP contribution < -0.4 is 0 Å². The summed E-state index contributed by atoms with van der Waals surface area (Å²) in [4.78, 5) is 12.0. The maximum Gasteiger partial charge on any atom is 0.140 e. The third-order valence-electron chi connectivity index (χ3n) is 2.65. The van der Waals surface area contributed by atoms with E-state index in [-0.39, 0.29) is 0 Å². The quantitative estimate of drug-likeness (QED) is 0.710. The smallest absolute Gasteiger partial charge is 0.140 e. The van der Waals surface area contributed by atoms with Crippen molar-refractivity contribution in [1.82, 2.24) is 15.0 Å². The average Bonchev–Trinajstić information content (AvgIpc) is 2.75. The number of H-pyrrole nitrogens is 1. The number of aromatic nitrogens is 3. The molecule has 17 heavy (non-hydrogen) atoms. The molecular weight excluding hydrogens is 234 g/mol. The van der Waals surface area contributed by atoms with Crippen LogP contribution in [0.4, 0.5) is 0 Å². The molecule has 0 bridgehead atoms. The molecule has 2 aromatic heterocycles. The van der Waals surface area contributed by atoms with Crippen LogP contribution in [0.2, 0.25) is 5.02 Å². The van der Waals surface area contributed by atoms with Gasteiger partial charge in [-0.15, -0.1) is 0 Å². The average molecular weight is 244 g/mol. The fraction of sp³-hybridized carbons (Fsp3) is 0.0769. The lowest BCUT2D eigenvalue weighted by atomic mass is 10.2. The number of benzene rings is 1. The predicted octanol–water partition coefficient (Wildman–Crippen LogP) is 3.59. The molecule has 1 aromatic carbocycles. The maximum absolute atomic E-state index is 6.08. The number of halogens is 1. The molecule has 1 N–H and O–H groups in total. The molecule has 4 heteroatoms. The van der Waals surface area contributed by atoms with Gasteiger partial charge in [0.25, 0.3) is 0 Å². The number of para-hydroxylation sites is 1. The van der Waals surface area contributed by atoms with Crippen LogP contribution in [0.25, 0.3) is 22.4 Å². The summed E-state index contributed by atoms with van der Waals surface area (Å²) in [7, 11) is 0. The van der Waals surface area contributed by atoms with Gasteiger partial charge in [0.15, 0.2) is 0 Å². The molecule has 0 fully saturated rings. The second kappa shape index (κ2) is 3.86. The summed E-state index contributed by atoms with van der Waals surface area (Å²) in [5.74, 6) is 0.792. The molecule has 0 aliphatic rings. The van der Waals surface area contributed by atoms with Gasteiger partial charge < -0.3 is 4.98 Å². The van der Waals surface area contributed by atoms with Gasteiger partial charge in [0.05, 0.1) is 10.5 Å². The number of imidazole rings is 1. The van der Waals surface area contributed by atoms with Gasteiger partial charge in [-0.3, -0.25) is 4.98 Å². The number of hydrogen-bond acceptors (Lipinski definition) is 2. The highest BCUT2D eigenvalue weighted by Crippen LogP contribution is 2.25. The van der Waals surface area contributed by atoms with E-state index in [0.29, 0.717) is 5.02 Å². The predicted molar refractivity (Wildman–Crippen MR) is 69.1 cm³/mol. The van der Waals surface area contributed by atoms with Gasteiger partial charge in [0.1, 0.15) is 11.3 Å². The van der Waals surface area contributed by atoms with Crippen molar-refractivity contribution in [3.63, 3.8) is 0 Å². The lowest BCUT2D eigenvalue weighted by Crippen LogP contribution is -1.84. The van der Waals surface area contributed by atoms with Crippen LogP contribution in [0.3, 0.4) is 0 Å². The Labute approximate surface area is 103 Å². The number of aryl methyl sites for hydroxylation is 1. The molecule has 0 amide bonds. The number of fused-ring (bicyclic) bond motifs is 1. The van der Waals surface area contributed by atoms with Gasteiger partial charge in [0.2, 0.25) is 0 Å². The van der Waals surface area contributed by atoms with E-state index in [9.17, 15) is 0 Å². The highest BCUT2D eigenvalue weighted by molar-refractivity contribution is 6.34. The van der Waals surface area contributed by atoms with Crippen LogP contribution in [0.1, 0.15) is 5.69 Å². The fourth-order valence-electron chi connectivity index (χ4n) is 1.74. The van der Waals surface area contributed by atoms with E-state index < -0.39 is 0 Å². The lowest BCUT2D eigenvalue weighted by molar-refractivity contribution is 1.19. The third kappa shape index (κ3) is 1.78. The molecule has 0 spiro atoms. The van der Waals surface area contributed by atoms with Crippen LogP contribution in [0.5, 0.6) is 0 Å². The minimum absolute atomic E-state index is 0.657. The zero-order chi connectivity index (χ0) is 11.8. The van der Waals surface area contributed by atoms with E-state index in [1.807, 2.05) is 37.3 Å². The first-order valence-electron chi connectivity index (χ1n) is 5.31. The summed E-state index contributed by atoms with van der Waals surface area (Å²) >= 11 is 6.08. The van der Waals surface area contributed by atoms with Crippen LogP contribution in [0.15, 0.2) is 36.5 Å². The van der Waals surface area contributed by atoms with Crippen molar-refractivity contribution in [1.29, 1.82) is 0 Å². The van der Waals surface area contributed by atoms with Crippen molar-refractivity contribution in [2.45, 2.75) is 6.92 Å². The Balaban J connectivity index is 2.18. The number of nitrogens with zero attached hydrogens (tertiary/aromatic N) is 2. The molecule has 3 aromatic rings. The number of pyridine rings is 1. The largest absolute Gasteiger partial charge is 0.338 e. The lowest BCUT2D eigenvalue weighted by Gasteiger charge is -1.95. The Hall–Kier alpha value is -1.87. The van der Waals surface area contributed by atoms with E-state index in [1.54, 1.807) is 6.20 Å². The highest BCUT2D eigenvalue weighted by Gasteiger charge is 2.07. The normalized spacial score (nSPS) is 10.9. The van der Waals surface area contributed by atoms with E-state index in [1.165, 1.54) is 0 Å². The van der Waals surface area contributed by atoms with Crippen molar-refractivity contribution < 1.29 is 0 Å². The second-order valence-electron chi connectivity index (χ2n) is 3.91. The van der Waals surface area contributed by atoms with E-state index in [2.05, 4.69) is 15.0 Å². The van der Waals surface area contributed by atoms with E-state index in [0.717, 1.165) is 28.1 Å². The standard InChI is InChI=1S/C13H10ClN3/c1-8-5-6-9(7-15-8)13-16-11-4-2-3-10(14)12(11)17-13/h2-7H,1H3,(H,16,17). The number of rotatable bonds is 1. The Morgan fingerprint density at radius 1 is 1.18 bits per heavy atom. The molecule has 0 aliphatic carbocycles. The van der Waals surface area contributed by atoms with Gasteiger partial charge in [-0.2, -0.15) is 0 Å². The van der Waals surface area contributed by atoms with Crippen LogP contribution in [0, 0.1) is 6.92 Å². The van der Waals surface area contributed by atoms with E-state index >= 15 is 0 Å². The van der Waals surface area contributed by atoms with Gasteiger partial charge >= 0.3 is 0 Å². The van der Waals surface area contributed by atoms with Crippen LogP contribution >= 0.6 is 11.6 Å². The summed E-state index contributed by atoms with van der Waals surface area (Å²) in [5.41, 5.74) is 3.68. The topological polar surface area (TPSA) is 41.6 Å². The van der Waals surface area contributed by atoms with Crippen molar-refractivity contribution in [3.05, 3.63) is 47.2 Å². The first-order chi connectivity index (χ1) is 8.24. The third-order valence-corrected chi connectivity index (χ3v) is 2.95. The van der Waals surface area contributed by atoms with Crippen molar-refractivity contribution in [3.8, 4) is 11.4 Å². The maximum atomic E-state index is 6.08. The Morgan fingerprint density at radius 3 is 2.76 bits per heavy atom. The first-order valence-corrected chi connectivity index (χ1v) is 5.69. The van der Waals surface area contributed by atoms with Gasteiger partial charge in [-0.1, -0.05) is 17.7 Å². The summed E-state index contributed by atoms with van der Waals surface area (Å²) in [5, 5.41) is 0.657. The van der Waals surface area contributed by atoms with Crippen molar-refractivity contribution >= 4 is 22.6 Å². The number of aromatic amines is 1. The summed E-state index contributed by atoms with van der Waals surface area (Å²) in [6, 6.07) is 9.65. The van der Waals surface area contributed by atoms with Crippen molar-refractivity contribution in [2.24, 2.45) is 0 Å². The van der Waals surface area contributed by atoms with Crippen LogP contribution in [-0.2, 0) is 0 Å². The summed E-state index contributed by atoms with van der Waals surface area (Å²) < 4.78 is 0. The Kier molecular flexibility index (Phi) is 2.34. The summed E-state index contributed by atoms with van der Waals surface area (Å²) in [6.45, 7) is 1.96. The minimum atomic E-state index is 0.657. The highest BCUT2D eigenvalue weighted by atomic mass is 35.5. The summed E-state index contributed by atoms with van der Waals surface area (Å²) in [6.07, 6.45) is 1.81. The first kappa shape index (κ1) is 10.3. The molecule has 0 atom stereocenters. The van der Waals surface area contributed by atoms with Gasteiger partial charge in [0, 0.05) is 17.5 Å². The molecule has 84 valence electrons. The van der Waals surface area contributed by atoms with Crippen LogP contribution in [-0.4, -0.2) is 15.0 Å². The zero-order valence-corrected chi connectivity index (χ0v) is 9.99. The SMILES string of the molecule is Cc1ccc(-c2nc3c(Cl)cccc3[nH]2)cn1. The zero-order valence-electron chi connectivity index (χ0n) is 9.24. The monoisotopic (exact) mass is 243 g/mol. The van der Waals surface area contributed by atoms with Crippen molar-refractivity contribution in [2.75, 3.05) is 0 Å². The Morgan fingerprint density at radius 2 is 2.06 bits per heavy atom. The van der Waals surface area contributed by atoms with E-state index in [4.69, 9.17) is 11.6 Å². The molecule has 0 unspecified atom stereocenters. The fourth-order valence-corrected chi connectivity index (χ4v) is 1.96. The van der Waals surface area contributed by atoms with Gasteiger partial charge in [-0.25, -0.2) is 4.98 Å². The molecular formula is C13H10ClN3. The molecule has 3 rings (SSSR count). The number of nitrogens with one attached hydrogen (secondary N) is 1. The number of hydrogen-bond donors (Lipinski definition) is 1. The molecule has 0 saturated carbocycles. The molecule has 3 nitrogen and oxygen atoms in total. The Bertz CT molecular complexity index is 671. The molecule has 2 heterocycles. The molecule has 0 saturated heterocycles. The molecule has 0 aliphatic heterocycles. The second-order valence-corrected chi connectivity index (χ2v) is 4.32. The van der Waals surface area contributed by atoms with Gasteiger partial charge in [-0.05, 0) is 31.2 Å². The molecule has 0 radical (unpaired) electrons.